The summed E-state index contributed by atoms with van der Waals surface area (Å²) in [4.78, 5) is 22.7. The Bertz CT molecular complexity index is 314. The third-order valence-corrected chi connectivity index (χ3v) is 2.75. The van der Waals surface area contributed by atoms with Gasteiger partial charge in [-0.2, -0.15) is 0 Å². The molecule has 15 heavy (non-hydrogen) atoms. The number of hydrogen-bond acceptors (Lipinski definition) is 3. The fourth-order valence-electron chi connectivity index (χ4n) is 1.47. The molecule has 0 aromatic heterocycles. The van der Waals surface area contributed by atoms with Crippen LogP contribution in [0.3, 0.4) is 0 Å². The van der Waals surface area contributed by atoms with Crippen LogP contribution in [0, 0.1) is 0 Å². The minimum Gasteiger partial charge on any atom is -0.466 e. The van der Waals surface area contributed by atoms with Gasteiger partial charge < -0.3 is 15.4 Å². The third kappa shape index (κ3) is 2.50. The minimum atomic E-state index is -0.413. The van der Waals surface area contributed by atoms with E-state index in [1.54, 1.807) is 0 Å². The van der Waals surface area contributed by atoms with Crippen LogP contribution in [0.25, 0.3) is 0 Å². The van der Waals surface area contributed by atoms with Crippen molar-refractivity contribution < 1.29 is 14.3 Å². The molecule has 0 saturated carbocycles. The predicted molar refractivity (Wildman–Crippen MR) is 58.6 cm³/mol. The van der Waals surface area contributed by atoms with Gasteiger partial charge in [-0.05, 0) is 6.42 Å². The van der Waals surface area contributed by atoms with Gasteiger partial charge in [0.05, 0.1) is 18.7 Å². The predicted octanol–water partition coefficient (Wildman–Crippen LogP) is 0.900. The Labute approximate surface area is 96.4 Å². The number of carbonyl (C=O) groups excluding carboxylic acids is 2. The molecule has 84 valence electrons. The maximum absolute atomic E-state index is 11.5. The van der Waals surface area contributed by atoms with E-state index in [0.717, 1.165) is 0 Å². The van der Waals surface area contributed by atoms with Crippen molar-refractivity contribution in [3.63, 3.8) is 0 Å². The molecule has 0 radical (unpaired) electrons. The summed E-state index contributed by atoms with van der Waals surface area (Å²) in [5, 5.41) is 5.66. The summed E-state index contributed by atoms with van der Waals surface area (Å²) < 4.78 is 4.68. The van der Waals surface area contributed by atoms with Gasteiger partial charge in [0.25, 0.3) is 0 Å². The molecule has 1 aliphatic rings. The second-order valence-electron chi connectivity index (χ2n) is 3.08. The monoisotopic (exact) mass is 276 g/mol. The van der Waals surface area contributed by atoms with E-state index in [2.05, 4.69) is 31.3 Å². The lowest BCUT2D eigenvalue weighted by Crippen LogP contribution is -2.50. The molecule has 0 aromatic rings. The fraction of sp³-hybridized carbons (Fsp3) is 0.556. The number of rotatable bonds is 3. The lowest BCUT2D eigenvalue weighted by molar-refractivity contribution is -0.136. The number of urea groups is 1. The summed E-state index contributed by atoms with van der Waals surface area (Å²) in [5.41, 5.74) is 1.05. The lowest BCUT2D eigenvalue weighted by Gasteiger charge is -2.27. The molecule has 1 aliphatic heterocycles. The van der Waals surface area contributed by atoms with E-state index in [-0.39, 0.29) is 12.1 Å². The molecule has 1 atom stereocenters. The summed E-state index contributed by atoms with van der Waals surface area (Å²) in [6, 6.07) is -0.567. The third-order valence-electron chi connectivity index (χ3n) is 2.19. The highest BCUT2D eigenvalue weighted by atomic mass is 79.9. The Morgan fingerprint density at radius 1 is 1.60 bits per heavy atom. The van der Waals surface area contributed by atoms with Gasteiger partial charge in [0.2, 0.25) is 0 Å². The quantitative estimate of drug-likeness (QED) is 0.595. The van der Waals surface area contributed by atoms with Crippen molar-refractivity contribution in [2.75, 3.05) is 12.4 Å². The normalized spacial score (nSPS) is 20.7. The number of nitrogens with one attached hydrogen (secondary N) is 2. The van der Waals surface area contributed by atoms with E-state index in [4.69, 9.17) is 0 Å². The van der Waals surface area contributed by atoms with Crippen LogP contribution < -0.4 is 10.6 Å². The Morgan fingerprint density at radius 3 is 2.73 bits per heavy atom. The van der Waals surface area contributed by atoms with Crippen LogP contribution in [-0.4, -0.2) is 30.5 Å². The van der Waals surface area contributed by atoms with Crippen LogP contribution >= 0.6 is 15.9 Å². The summed E-state index contributed by atoms with van der Waals surface area (Å²) in [5.74, 6) is -0.413. The average Bonchev–Trinajstić information content (AvgIpc) is 2.26. The van der Waals surface area contributed by atoms with E-state index in [9.17, 15) is 9.59 Å². The highest BCUT2D eigenvalue weighted by molar-refractivity contribution is 9.09. The van der Waals surface area contributed by atoms with Gasteiger partial charge >= 0.3 is 12.0 Å². The van der Waals surface area contributed by atoms with Crippen molar-refractivity contribution in [1.29, 1.82) is 0 Å². The Morgan fingerprint density at radius 2 is 2.27 bits per heavy atom. The van der Waals surface area contributed by atoms with Crippen LogP contribution in [-0.2, 0) is 9.53 Å². The smallest absolute Gasteiger partial charge is 0.337 e. The molecule has 0 saturated heterocycles. The fourth-order valence-corrected chi connectivity index (χ4v) is 1.91. The van der Waals surface area contributed by atoms with Crippen molar-refractivity contribution in [1.82, 2.24) is 10.6 Å². The summed E-state index contributed by atoms with van der Waals surface area (Å²) in [7, 11) is 1.32. The molecule has 1 rings (SSSR count). The SMILES string of the molecule is CCC1NC(=O)NC(CBr)=C1C(=O)OC. The summed E-state index contributed by atoms with van der Waals surface area (Å²) >= 11 is 3.22. The van der Waals surface area contributed by atoms with Gasteiger partial charge in [-0.3, -0.25) is 0 Å². The maximum Gasteiger partial charge on any atom is 0.337 e. The first-order valence-electron chi connectivity index (χ1n) is 4.58. The lowest BCUT2D eigenvalue weighted by atomic mass is 10.0. The zero-order chi connectivity index (χ0) is 11.4. The minimum absolute atomic E-state index is 0.279. The molecule has 0 bridgehead atoms. The topological polar surface area (TPSA) is 67.4 Å². The molecule has 1 heterocycles. The summed E-state index contributed by atoms with van der Waals surface area (Å²) in [6.07, 6.45) is 0.647. The van der Waals surface area contributed by atoms with Crippen molar-refractivity contribution in [3.8, 4) is 0 Å². The van der Waals surface area contributed by atoms with E-state index in [1.165, 1.54) is 7.11 Å². The molecular formula is C9H13BrN2O3. The number of amides is 2. The molecule has 2 N–H and O–H groups in total. The van der Waals surface area contributed by atoms with Gasteiger partial charge in [0, 0.05) is 11.0 Å². The molecule has 0 aliphatic carbocycles. The van der Waals surface area contributed by atoms with E-state index >= 15 is 0 Å². The molecule has 0 aromatic carbocycles. The van der Waals surface area contributed by atoms with E-state index in [1.807, 2.05) is 6.92 Å². The molecule has 6 heteroatoms. The number of allylic oxidation sites excluding steroid dienone is 1. The standard InChI is InChI=1S/C9H13BrN2O3/c1-3-5-7(8(13)15-2)6(4-10)12-9(14)11-5/h5H,3-4H2,1-2H3,(H2,11,12,14). The van der Waals surface area contributed by atoms with Crippen molar-refractivity contribution in [3.05, 3.63) is 11.3 Å². The largest absolute Gasteiger partial charge is 0.466 e. The Hall–Kier alpha value is -1.04. The first-order valence-corrected chi connectivity index (χ1v) is 5.71. The van der Waals surface area contributed by atoms with Crippen molar-refractivity contribution in [2.45, 2.75) is 19.4 Å². The Balaban J connectivity index is 3.08. The maximum atomic E-state index is 11.5. The molecular weight excluding hydrogens is 264 g/mol. The number of hydrogen-bond donors (Lipinski definition) is 2. The molecule has 1 unspecified atom stereocenters. The van der Waals surface area contributed by atoms with Crippen molar-refractivity contribution in [2.24, 2.45) is 0 Å². The van der Waals surface area contributed by atoms with Gasteiger partial charge in [0.15, 0.2) is 0 Å². The highest BCUT2D eigenvalue weighted by Crippen LogP contribution is 2.17. The van der Waals surface area contributed by atoms with Gasteiger partial charge in [-0.1, -0.05) is 22.9 Å². The Kier molecular flexibility index (Phi) is 4.14. The molecule has 0 spiro atoms. The highest BCUT2D eigenvalue weighted by Gasteiger charge is 2.30. The number of ether oxygens (including phenoxy) is 1. The first kappa shape index (κ1) is 12.0. The second kappa shape index (κ2) is 5.16. The van der Waals surface area contributed by atoms with Crippen LogP contribution in [0.5, 0.6) is 0 Å². The van der Waals surface area contributed by atoms with Gasteiger partial charge in [-0.15, -0.1) is 0 Å². The second-order valence-corrected chi connectivity index (χ2v) is 3.64. The zero-order valence-electron chi connectivity index (χ0n) is 8.59. The average molecular weight is 277 g/mol. The number of halogens is 1. The number of alkyl halides is 1. The van der Waals surface area contributed by atoms with Gasteiger partial charge in [-0.25, -0.2) is 9.59 Å². The molecule has 0 fully saturated rings. The molecule has 5 nitrogen and oxygen atoms in total. The summed E-state index contributed by atoms with van der Waals surface area (Å²) in [6.45, 7) is 1.89. The van der Waals surface area contributed by atoms with Crippen LogP contribution in [0.1, 0.15) is 13.3 Å². The van der Waals surface area contributed by atoms with Crippen LogP contribution in [0.2, 0.25) is 0 Å². The van der Waals surface area contributed by atoms with Crippen LogP contribution in [0.4, 0.5) is 4.79 Å². The first-order chi connectivity index (χ1) is 7.13. The van der Waals surface area contributed by atoms with Gasteiger partial charge in [0.1, 0.15) is 0 Å². The number of esters is 1. The number of carbonyl (C=O) groups is 2. The number of methoxy groups -OCH3 is 1. The van der Waals surface area contributed by atoms with Crippen molar-refractivity contribution >= 4 is 27.9 Å². The van der Waals surface area contributed by atoms with Crippen LogP contribution in [0.15, 0.2) is 11.3 Å². The molecule has 2 amide bonds. The van der Waals surface area contributed by atoms with E-state index < -0.39 is 5.97 Å². The zero-order valence-corrected chi connectivity index (χ0v) is 10.2. The van der Waals surface area contributed by atoms with E-state index in [0.29, 0.717) is 23.0 Å².